The number of aromatic nitrogens is 2. The second-order valence-electron chi connectivity index (χ2n) is 4.14. The van der Waals surface area contributed by atoms with E-state index in [0.29, 0.717) is 0 Å². The number of nitrogens with one attached hydrogen (secondary N) is 1. The van der Waals surface area contributed by atoms with E-state index in [1.54, 1.807) is 12.4 Å². The van der Waals surface area contributed by atoms with Gasteiger partial charge in [0.15, 0.2) is 0 Å². The van der Waals surface area contributed by atoms with Crippen LogP contribution in [0.2, 0.25) is 0 Å². The highest BCUT2D eigenvalue weighted by atomic mass is 15.2. The van der Waals surface area contributed by atoms with Crippen molar-refractivity contribution in [1.82, 2.24) is 15.3 Å². The summed E-state index contributed by atoms with van der Waals surface area (Å²) in [6.45, 7) is 3.33. The van der Waals surface area contributed by atoms with Gasteiger partial charge in [0.25, 0.3) is 0 Å². The molecular formula is C11H18N4. The molecule has 2 heterocycles. The summed E-state index contributed by atoms with van der Waals surface area (Å²) in [4.78, 5) is 10.6. The Kier molecular flexibility index (Phi) is 3.50. The minimum atomic E-state index is 0.729. The highest BCUT2D eigenvalue weighted by Crippen LogP contribution is 2.13. The van der Waals surface area contributed by atoms with Crippen LogP contribution in [0.25, 0.3) is 0 Å². The zero-order valence-electron chi connectivity index (χ0n) is 9.19. The van der Waals surface area contributed by atoms with Gasteiger partial charge in [-0.05, 0) is 37.9 Å². The van der Waals surface area contributed by atoms with Gasteiger partial charge in [0.1, 0.15) is 0 Å². The van der Waals surface area contributed by atoms with Crippen LogP contribution in [0.5, 0.6) is 0 Å². The maximum Gasteiger partial charge on any atom is 0.224 e. The third kappa shape index (κ3) is 2.89. The molecule has 0 aliphatic carbocycles. The van der Waals surface area contributed by atoms with Crippen LogP contribution in [-0.2, 0) is 0 Å². The third-order valence-corrected chi connectivity index (χ3v) is 2.82. The van der Waals surface area contributed by atoms with Crippen molar-refractivity contribution in [3.63, 3.8) is 0 Å². The molecule has 0 saturated carbocycles. The standard InChI is InChI=1S/C11H18N4/c1-15(11-13-6-3-7-14-11)9-10-4-2-5-12-8-10/h3,6-7,10,12H,2,4-5,8-9H2,1H3/t10-/m0/s1. The van der Waals surface area contributed by atoms with Gasteiger partial charge >= 0.3 is 0 Å². The van der Waals surface area contributed by atoms with Gasteiger partial charge in [0.2, 0.25) is 5.95 Å². The highest BCUT2D eigenvalue weighted by molar-refractivity contribution is 5.26. The van der Waals surface area contributed by atoms with Crippen molar-refractivity contribution in [3.05, 3.63) is 18.5 Å². The van der Waals surface area contributed by atoms with Gasteiger partial charge in [0.05, 0.1) is 0 Å². The Labute approximate surface area is 90.7 Å². The van der Waals surface area contributed by atoms with Crippen molar-refractivity contribution in [2.45, 2.75) is 12.8 Å². The molecule has 1 aromatic heterocycles. The van der Waals surface area contributed by atoms with Gasteiger partial charge in [-0.1, -0.05) is 0 Å². The number of nitrogens with zero attached hydrogens (tertiary/aromatic N) is 3. The molecule has 0 aromatic carbocycles. The molecule has 0 unspecified atom stereocenters. The maximum absolute atomic E-state index is 4.24. The molecule has 1 aliphatic rings. The predicted molar refractivity (Wildman–Crippen MR) is 60.9 cm³/mol. The molecule has 0 radical (unpaired) electrons. The Hall–Kier alpha value is -1.16. The first kappa shape index (κ1) is 10.4. The smallest absolute Gasteiger partial charge is 0.224 e. The molecule has 2 rings (SSSR count). The number of hydrogen-bond donors (Lipinski definition) is 1. The van der Waals surface area contributed by atoms with Crippen molar-refractivity contribution in [2.24, 2.45) is 5.92 Å². The first-order valence-electron chi connectivity index (χ1n) is 5.55. The summed E-state index contributed by atoms with van der Waals surface area (Å²) in [5, 5.41) is 3.42. The normalized spacial score (nSPS) is 21.3. The zero-order valence-corrected chi connectivity index (χ0v) is 9.19. The van der Waals surface area contributed by atoms with E-state index >= 15 is 0 Å². The SMILES string of the molecule is CN(C[C@H]1CCCNC1)c1ncccn1. The molecule has 15 heavy (non-hydrogen) atoms. The lowest BCUT2D eigenvalue weighted by Crippen LogP contribution is -2.37. The van der Waals surface area contributed by atoms with Crippen molar-refractivity contribution in [2.75, 3.05) is 31.6 Å². The molecule has 1 N–H and O–H groups in total. The second-order valence-corrected chi connectivity index (χ2v) is 4.14. The third-order valence-electron chi connectivity index (χ3n) is 2.82. The van der Waals surface area contributed by atoms with Gasteiger partial charge in [-0.2, -0.15) is 0 Å². The van der Waals surface area contributed by atoms with E-state index in [1.165, 1.54) is 19.4 Å². The fourth-order valence-corrected chi connectivity index (χ4v) is 2.04. The Bertz CT molecular complexity index is 282. The Morgan fingerprint density at radius 2 is 2.27 bits per heavy atom. The molecule has 82 valence electrons. The van der Waals surface area contributed by atoms with Gasteiger partial charge < -0.3 is 10.2 Å². The molecule has 4 nitrogen and oxygen atoms in total. The monoisotopic (exact) mass is 206 g/mol. The van der Waals surface area contributed by atoms with Crippen LogP contribution >= 0.6 is 0 Å². The van der Waals surface area contributed by atoms with Crippen LogP contribution in [0.4, 0.5) is 5.95 Å². The quantitative estimate of drug-likeness (QED) is 0.798. The Balaban J connectivity index is 1.88. The van der Waals surface area contributed by atoms with E-state index in [1.807, 2.05) is 6.07 Å². The minimum Gasteiger partial charge on any atom is -0.344 e. The molecule has 1 saturated heterocycles. The summed E-state index contributed by atoms with van der Waals surface area (Å²) in [6.07, 6.45) is 6.17. The topological polar surface area (TPSA) is 41.0 Å². The summed E-state index contributed by atoms with van der Waals surface area (Å²) in [5.41, 5.74) is 0. The molecule has 0 amide bonds. The summed E-state index contributed by atoms with van der Waals surface area (Å²) in [6, 6.07) is 1.85. The van der Waals surface area contributed by atoms with E-state index in [-0.39, 0.29) is 0 Å². The number of anilines is 1. The lowest BCUT2D eigenvalue weighted by Gasteiger charge is -2.27. The average molecular weight is 206 g/mol. The van der Waals surface area contributed by atoms with Crippen LogP contribution in [0, 0.1) is 5.92 Å². The van der Waals surface area contributed by atoms with E-state index in [4.69, 9.17) is 0 Å². The summed E-state index contributed by atoms with van der Waals surface area (Å²) >= 11 is 0. The number of hydrogen-bond acceptors (Lipinski definition) is 4. The molecule has 4 heteroatoms. The number of rotatable bonds is 3. The fourth-order valence-electron chi connectivity index (χ4n) is 2.04. The van der Waals surface area contributed by atoms with E-state index in [2.05, 4.69) is 27.2 Å². The van der Waals surface area contributed by atoms with Gasteiger partial charge in [-0.3, -0.25) is 0 Å². The van der Waals surface area contributed by atoms with Gasteiger partial charge in [-0.25, -0.2) is 9.97 Å². The molecule has 1 aromatic rings. The summed E-state index contributed by atoms with van der Waals surface area (Å²) in [7, 11) is 2.06. The molecule has 1 fully saturated rings. The van der Waals surface area contributed by atoms with Crippen LogP contribution in [0.15, 0.2) is 18.5 Å². The first-order chi connectivity index (χ1) is 7.36. The summed E-state index contributed by atoms with van der Waals surface area (Å²) < 4.78 is 0. The predicted octanol–water partition coefficient (Wildman–Crippen LogP) is 0.912. The van der Waals surface area contributed by atoms with Crippen molar-refractivity contribution < 1.29 is 0 Å². The van der Waals surface area contributed by atoms with E-state index in [9.17, 15) is 0 Å². The van der Waals surface area contributed by atoms with Crippen molar-refractivity contribution in [3.8, 4) is 0 Å². The molecule has 0 spiro atoms. The fraction of sp³-hybridized carbons (Fsp3) is 0.636. The van der Waals surface area contributed by atoms with E-state index < -0.39 is 0 Å². The van der Waals surface area contributed by atoms with Crippen LogP contribution in [0.3, 0.4) is 0 Å². The minimum absolute atomic E-state index is 0.729. The maximum atomic E-state index is 4.24. The summed E-state index contributed by atoms with van der Waals surface area (Å²) in [5.74, 6) is 1.55. The molecule has 1 atom stereocenters. The molecule has 1 aliphatic heterocycles. The van der Waals surface area contributed by atoms with Crippen LogP contribution < -0.4 is 10.2 Å². The van der Waals surface area contributed by atoms with Crippen molar-refractivity contribution in [1.29, 1.82) is 0 Å². The molecular weight excluding hydrogens is 188 g/mol. The lowest BCUT2D eigenvalue weighted by atomic mass is 9.99. The second kappa shape index (κ2) is 5.07. The average Bonchev–Trinajstić information content (AvgIpc) is 2.31. The highest BCUT2D eigenvalue weighted by Gasteiger charge is 2.15. The lowest BCUT2D eigenvalue weighted by molar-refractivity contribution is 0.380. The Morgan fingerprint density at radius 3 is 2.93 bits per heavy atom. The van der Waals surface area contributed by atoms with Crippen molar-refractivity contribution >= 4 is 5.95 Å². The van der Waals surface area contributed by atoms with Crippen LogP contribution in [0.1, 0.15) is 12.8 Å². The molecule has 0 bridgehead atoms. The largest absolute Gasteiger partial charge is 0.344 e. The Morgan fingerprint density at radius 1 is 1.47 bits per heavy atom. The van der Waals surface area contributed by atoms with Gasteiger partial charge in [-0.15, -0.1) is 0 Å². The van der Waals surface area contributed by atoms with E-state index in [0.717, 1.165) is 25.0 Å². The first-order valence-corrected chi connectivity index (χ1v) is 5.55. The van der Waals surface area contributed by atoms with Gasteiger partial charge in [0, 0.05) is 26.0 Å². The zero-order chi connectivity index (χ0) is 10.5. The van der Waals surface area contributed by atoms with Crippen LogP contribution in [-0.4, -0.2) is 36.6 Å². The number of piperidine rings is 1.